The van der Waals surface area contributed by atoms with Gasteiger partial charge in [-0.3, -0.25) is 0 Å². The van der Waals surface area contributed by atoms with Crippen LogP contribution in [0.3, 0.4) is 0 Å². The Morgan fingerprint density at radius 2 is 2.06 bits per heavy atom. The van der Waals surface area contributed by atoms with E-state index in [0.29, 0.717) is 17.9 Å². The van der Waals surface area contributed by atoms with Crippen molar-refractivity contribution < 1.29 is 4.74 Å². The molecule has 1 aromatic rings. The molecule has 5 nitrogen and oxygen atoms in total. The summed E-state index contributed by atoms with van der Waals surface area (Å²) in [7, 11) is 0. The third-order valence-electron chi connectivity index (χ3n) is 2.86. The highest BCUT2D eigenvalue weighted by atomic mass is 16.5. The summed E-state index contributed by atoms with van der Waals surface area (Å²) in [6.45, 7) is 8.06. The molecule has 0 saturated carbocycles. The van der Waals surface area contributed by atoms with Crippen LogP contribution in [0.1, 0.15) is 32.4 Å². The molecule has 2 N–H and O–H groups in total. The number of nitrogens with zero attached hydrogens (tertiary/aromatic N) is 2. The van der Waals surface area contributed by atoms with Crippen molar-refractivity contribution in [3.8, 4) is 5.88 Å². The smallest absolute Gasteiger partial charge is 0.226 e. The summed E-state index contributed by atoms with van der Waals surface area (Å²) in [4.78, 5) is 8.82. The SMILES string of the molecule is Cc1cc(OC(C)C)nc(NC2CCNCC2)n1. The number of hydrogen-bond acceptors (Lipinski definition) is 5. The molecule has 5 heteroatoms. The first-order valence-corrected chi connectivity index (χ1v) is 6.63. The second-order valence-corrected chi connectivity index (χ2v) is 5.01. The molecule has 0 aliphatic carbocycles. The van der Waals surface area contributed by atoms with E-state index in [1.165, 1.54) is 0 Å². The molecule has 0 atom stereocenters. The fourth-order valence-corrected chi connectivity index (χ4v) is 2.05. The largest absolute Gasteiger partial charge is 0.475 e. The van der Waals surface area contributed by atoms with Gasteiger partial charge in [-0.15, -0.1) is 0 Å². The maximum Gasteiger partial charge on any atom is 0.226 e. The summed E-state index contributed by atoms with van der Waals surface area (Å²) in [5.74, 6) is 1.33. The summed E-state index contributed by atoms with van der Waals surface area (Å²) in [6.07, 6.45) is 2.35. The molecule has 0 spiro atoms. The molecule has 2 heterocycles. The van der Waals surface area contributed by atoms with E-state index in [0.717, 1.165) is 31.6 Å². The molecule has 1 aliphatic heterocycles. The highest BCUT2D eigenvalue weighted by molar-refractivity contribution is 5.32. The number of aromatic nitrogens is 2. The van der Waals surface area contributed by atoms with Gasteiger partial charge in [0, 0.05) is 17.8 Å². The first-order valence-electron chi connectivity index (χ1n) is 6.63. The van der Waals surface area contributed by atoms with E-state index in [2.05, 4.69) is 20.6 Å². The number of rotatable bonds is 4. The second kappa shape index (κ2) is 6.00. The molecule has 0 aromatic carbocycles. The molecule has 2 rings (SSSR count). The third kappa shape index (κ3) is 3.84. The monoisotopic (exact) mass is 250 g/mol. The van der Waals surface area contributed by atoms with Crippen LogP contribution in [-0.2, 0) is 0 Å². The van der Waals surface area contributed by atoms with Crippen LogP contribution in [-0.4, -0.2) is 35.2 Å². The number of aryl methyl sites for hydroxylation is 1. The zero-order chi connectivity index (χ0) is 13.0. The lowest BCUT2D eigenvalue weighted by atomic mass is 10.1. The third-order valence-corrected chi connectivity index (χ3v) is 2.86. The highest BCUT2D eigenvalue weighted by Gasteiger charge is 2.14. The van der Waals surface area contributed by atoms with Crippen LogP contribution in [0.5, 0.6) is 5.88 Å². The van der Waals surface area contributed by atoms with Crippen LogP contribution >= 0.6 is 0 Å². The number of nitrogens with one attached hydrogen (secondary N) is 2. The number of ether oxygens (including phenoxy) is 1. The van der Waals surface area contributed by atoms with Gasteiger partial charge in [0.15, 0.2) is 0 Å². The molecular weight excluding hydrogens is 228 g/mol. The summed E-state index contributed by atoms with van der Waals surface area (Å²) >= 11 is 0. The minimum absolute atomic E-state index is 0.131. The number of piperidine rings is 1. The van der Waals surface area contributed by atoms with Gasteiger partial charge in [0.2, 0.25) is 11.8 Å². The van der Waals surface area contributed by atoms with Crippen molar-refractivity contribution in [1.82, 2.24) is 15.3 Å². The fraction of sp³-hybridized carbons (Fsp3) is 0.692. The van der Waals surface area contributed by atoms with Crippen LogP contribution < -0.4 is 15.4 Å². The number of anilines is 1. The first kappa shape index (κ1) is 13.1. The van der Waals surface area contributed by atoms with Gasteiger partial charge in [-0.25, -0.2) is 4.98 Å². The van der Waals surface area contributed by atoms with Gasteiger partial charge in [-0.1, -0.05) is 0 Å². The lowest BCUT2D eigenvalue weighted by Crippen LogP contribution is -2.35. The van der Waals surface area contributed by atoms with Crippen LogP contribution in [0.25, 0.3) is 0 Å². The van der Waals surface area contributed by atoms with E-state index in [4.69, 9.17) is 4.74 Å². The summed E-state index contributed by atoms with van der Waals surface area (Å²) in [6, 6.07) is 2.33. The van der Waals surface area contributed by atoms with Crippen molar-refractivity contribution in [3.63, 3.8) is 0 Å². The normalized spacial score (nSPS) is 16.9. The standard InChI is InChI=1S/C13H22N4O/c1-9(2)18-12-8-10(3)15-13(17-12)16-11-4-6-14-7-5-11/h8-9,11,14H,4-7H2,1-3H3,(H,15,16,17). The molecule has 1 aromatic heterocycles. The molecule has 18 heavy (non-hydrogen) atoms. The lowest BCUT2D eigenvalue weighted by Gasteiger charge is -2.24. The van der Waals surface area contributed by atoms with Crippen molar-refractivity contribution in [1.29, 1.82) is 0 Å². The molecule has 0 bridgehead atoms. The average molecular weight is 250 g/mol. The summed E-state index contributed by atoms with van der Waals surface area (Å²) in [5.41, 5.74) is 0.928. The predicted molar refractivity (Wildman–Crippen MR) is 72.0 cm³/mol. The Hall–Kier alpha value is -1.36. The van der Waals surface area contributed by atoms with E-state index in [1.807, 2.05) is 26.8 Å². The predicted octanol–water partition coefficient (Wildman–Crippen LogP) is 1.74. The van der Waals surface area contributed by atoms with Crippen LogP contribution in [0.2, 0.25) is 0 Å². The fourth-order valence-electron chi connectivity index (χ4n) is 2.05. The number of hydrogen-bond donors (Lipinski definition) is 2. The van der Waals surface area contributed by atoms with Gasteiger partial charge >= 0.3 is 0 Å². The average Bonchev–Trinajstić information content (AvgIpc) is 2.28. The molecule has 0 unspecified atom stereocenters. The Labute approximate surface area is 108 Å². The van der Waals surface area contributed by atoms with Gasteiger partial charge in [0.1, 0.15) is 0 Å². The molecule has 1 aliphatic rings. The Bertz CT molecular complexity index is 389. The maximum atomic E-state index is 5.62. The molecule has 1 fully saturated rings. The van der Waals surface area contributed by atoms with Gasteiger partial charge < -0.3 is 15.4 Å². The Morgan fingerprint density at radius 1 is 1.33 bits per heavy atom. The van der Waals surface area contributed by atoms with Crippen LogP contribution in [0.4, 0.5) is 5.95 Å². The zero-order valence-electron chi connectivity index (χ0n) is 11.4. The Morgan fingerprint density at radius 3 is 2.72 bits per heavy atom. The maximum absolute atomic E-state index is 5.62. The first-order chi connectivity index (χ1) is 8.63. The highest BCUT2D eigenvalue weighted by Crippen LogP contribution is 2.16. The lowest BCUT2D eigenvalue weighted by molar-refractivity contribution is 0.232. The molecule has 0 radical (unpaired) electrons. The summed E-state index contributed by atoms with van der Waals surface area (Å²) < 4.78 is 5.62. The quantitative estimate of drug-likeness (QED) is 0.852. The van der Waals surface area contributed by atoms with E-state index >= 15 is 0 Å². The topological polar surface area (TPSA) is 59.1 Å². The van der Waals surface area contributed by atoms with Gasteiger partial charge in [-0.05, 0) is 46.7 Å². The van der Waals surface area contributed by atoms with Gasteiger partial charge in [0.25, 0.3) is 0 Å². The summed E-state index contributed by atoms with van der Waals surface area (Å²) in [5, 5.41) is 6.74. The molecule has 1 saturated heterocycles. The molecular formula is C13H22N4O. The zero-order valence-corrected chi connectivity index (χ0v) is 11.4. The van der Waals surface area contributed by atoms with Crippen molar-refractivity contribution in [3.05, 3.63) is 11.8 Å². The second-order valence-electron chi connectivity index (χ2n) is 5.01. The van der Waals surface area contributed by atoms with E-state index in [1.54, 1.807) is 0 Å². The van der Waals surface area contributed by atoms with Crippen molar-refractivity contribution in [2.75, 3.05) is 18.4 Å². The Kier molecular flexibility index (Phi) is 4.36. The molecule has 0 amide bonds. The Balaban J connectivity index is 2.04. The van der Waals surface area contributed by atoms with Crippen molar-refractivity contribution in [2.45, 2.75) is 45.8 Å². The van der Waals surface area contributed by atoms with Crippen LogP contribution in [0, 0.1) is 6.92 Å². The minimum Gasteiger partial charge on any atom is -0.475 e. The van der Waals surface area contributed by atoms with Crippen molar-refractivity contribution in [2.24, 2.45) is 0 Å². The van der Waals surface area contributed by atoms with E-state index in [9.17, 15) is 0 Å². The minimum atomic E-state index is 0.131. The molecule has 100 valence electrons. The van der Waals surface area contributed by atoms with E-state index in [-0.39, 0.29) is 6.10 Å². The van der Waals surface area contributed by atoms with Gasteiger partial charge in [0.05, 0.1) is 6.10 Å². The van der Waals surface area contributed by atoms with Gasteiger partial charge in [-0.2, -0.15) is 4.98 Å². The van der Waals surface area contributed by atoms with Crippen molar-refractivity contribution >= 4 is 5.95 Å². The van der Waals surface area contributed by atoms with Crippen LogP contribution in [0.15, 0.2) is 6.07 Å². The van der Waals surface area contributed by atoms with E-state index < -0.39 is 0 Å².